The summed E-state index contributed by atoms with van der Waals surface area (Å²) in [4.78, 5) is 18.7. The molecule has 0 aromatic carbocycles. The predicted octanol–water partition coefficient (Wildman–Crippen LogP) is 0.562. The Hall–Kier alpha value is -1.53. The van der Waals surface area contributed by atoms with Crippen LogP contribution in [0.15, 0.2) is 24.4 Å². The molecule has 1 aromatic rings. The van der Waals surface area contributed by atoms with Gasteiger partial charge >= 0.3 is 0 Å². The Balaban J connectivity index is 1.80. The average molecular weight is 278 g/mol. The molecule has 6 heteroatoms. The van der Waals surface area contributed by atoms with Crippen molar-refractivity contribution >= 4 is 23.1 Å². The van der Waals surface area contributed by atoms with Crippen molar-refractivity contribution in [2.75, 3.05) is 19.6 Å². The van der Waals surface area contributed by atoms with E-state index in [4.69, 9.17) is 18.0 Å². The van der Waals surface area contributed by atoms with Crippen LogP contribution in [0.25, 0.3) is 0 Å². The maximum atomic E-state index is 11.9. The number of rotatable bonds is 4. The van der Waals surface area contributed by atoms with Crippen molar-refractivity contribution in [1.29, 1.82) is 0 Å². The van der Waals surface area contributed by atoms with E-state index >= 15 is 0 Å². The molecule has 1 saturated heterocycles. The fourth-order valence-corrected chi connectivity index (χ4v) is 2.39. The molecule has 0 aliphatic carbocycles. The Kier molecular flexibility index (Phi) is 4.81. The standard InChI is InChI=1S/C13H18N4OS/c14-12(19)9-17-7-4-10(5-8-17)16-13(18)11-3-1-2-6-15-11/h1-3,6,10H,4-5,7-9H2,(H2,14,19)(H,16,18). The quantitative estimate of drug-likeness (QED) is 0.788. The van der Waals surface area contributed by atoms with Crippen molar-refractivity contribution in [1.82, 2.24) is 15.2 Å². The third-order valence-electron chi connectivity index (χ3n) is 3.20. The summed E-state index contributed by atoms with van der Waals surface area (Å²) in [6, 6.07) is 5.53. The highest BCUT2D eigenvalue weighted by molar-refractivity contribution is 7.80. The number of nitrogens with zero attached hydrogens (tertiary/aromatic N) is 2. The first-order valence-corrected chi connectivity index (χ1v) is 6.78. The fraction of sp³-hybridized carbons (Fsp3) is 0.462. The minimum Gasteiger partial charge on any atom is -0.392 e. The Morgan fingerprint density at radius 3 is 2.79 bits per heavy atom. The number of hydrogen-bond acceptors (Lipinski definition) is 4. The van der Waals surface area contributed by atoms with E-state index in [0.717, 1.165) is 25.9 Å². The summed E-state index contributed by atoms with van der Waals surface area (Å²) in [5.74, 6) is -0.103. The zero-order valence-corrected chi connectivity index (χ0v) is 11.5. The molecule has 3 N–H and O–H groups in total. The van der Waals surface area contributed by atoms with Gasteiger partial charge in [-0.2, -0.15) is 0 Å². The van der Waals surface area contributed by atoms with Crippen molar-refractivity contribution < 1.29 is 4.79 Å². The van der Waals surface area contributed by atoms with Crippen molar-refractivity contribution in [2.45, 2.75) is 18.9 Å². The number of amides is 1. The van der Waals surface area contributed by atoms with Gasteiger partial charge in [-0.05, 0) is 25.0 Å². The van der Waals surface area contributed by atoms with Crippen LogP contribution in [0.2, 0.25) is 0 Å². The van der Waals surface area contributed by atoms with Gasteiger partial charge in [0.2, 0.25) is 0 Å². The first-order valence-electron chi connectivity index (χ1n) is 6.37. The summed E-state index contributed by atoms with van der Waals surface area (Å²) < 4.78 is 0. The second-order valence-electron chi connectivity index (χ2n) is 4.71. The maximum Gasteiger partial charge on any atom is 0.270 e. The molecule has 0 spiro atoms. The van der Waals surface area contributed by atoms with Gasteiger partial charge in [0, 0.05) is 31.9 Å². The Bertz CT molecular complexity index is 443. The van der Waals surface area contributed by atoms with Crippen LogP contribution in [0.4, 0.5) is 0 Å². The molecule has 0 atom stereocenters. The Morgan fingerprint density at radius 2 is 2.21 bits per heavy atom. The van der Waals surface area contributed by atoms with Gasteiger partial charge in [-0.15, -0.1) is 0 Å². The summed E-state index contributed by atoms with van der Waals surface area (Å²) in [5.41, 5.74) is 5.99. The molecule has 0 bridgehead atoms. The average Bonchev–Trinajstić information content (AvgIpc) is 2.41. The molecule has 2 rings (SSSR count). The Morgan fingerprint density at radius 1 is 1.47 bits per heavy atom. The van der Waals surface area contributed by atoms with Crippen LogP contribution in [0, 0.1) is 0 Å². The van der Waals surface area contributed by atoms with Crippen LogP contribution in [0.1, 0.15) is 23.3 Å². The summed E-state index contributed by atoms with van der Waals surface area (Å²) in [6.45, 7) is 2.48. The monoisotopic (exact) mass is 278 g/mol. The number of carbonyl (C=O) groups excluding carboxylic acids is 1. The zero-order chi connectivity index (χ0) is 13.7. The molecule has 5 nitrogen and oxygen atoms in total. The molecular formula is C13H18N4OS. The van der Waals surface area contributed by atoms with E-state index in [1.165, 1.54) is 0 Å². The van der Waals surface area contributed by atoms with Gasteiger partial charge in [-0.3, -0.25) is 14.7 Å². The molecule has 102 valence electrons. The van der Waals surface area contributed by atoms with E-state index in [-0.39, 0.29) is 11.9 Å². The lowest BCUT2D eigenvalue weighted by Gasteiger charge is -2.31. The largest absolute Gasteiger partial charge is 0.392 e. The molecule has 1 aliphatic heterocycles. The van der Waals surface area contributed by atoms with Gasteiger partial charge in [-0.25, -0.2) is 0 Å². The van der Waals surface area contributed by atoms with E-state index in [2.05, 4.69) is 15.2 Å². The van der Waals surface area contributed by atoms with Crippen LogP contribution < -0.4 is 11.1 Å². The van der Waals surface area contributed by atoms with E-state index in [0.29, 0.717) is 17.2 Å². The van der Waals surface area contributed by atoms with Gasteiger partial charge in [0.25, 0.3) is 5.91 Å². The number of pyridine rings is 1. The second kappa shape index (κ2) is 6.58. The van der Waals surface area contributed by atoms with Crippen LogP contribution in [0.3, 0.4) is 0 Å². The molecule has 1 amide bonds. The summed E-state index contributed by atoms with van der Waals surface area (Å²) in [5, 5.41) is 3.02. The normalized spacial score (nSPS) is 17.1. The number of aromatic nitrogens is 1. The molecule has 2 heterocycles. The van der Waals surface area contributed by atoms with Gasteiger partial charge in [0.15, 0.2) is 0 Å². The van der Waals surface area contributed by atoms with Gasteiger partial charge in [-0.1, -0.05) is 18.3 Å². The third-order valence-corrected chi connectivity index (χ3v) is 3.33. The number of piperidine rings is 1. The van der Waals surface area contributed by atoms with E-state index in [1.54, 1.807) is 18.3 Å². The maximum absolute atomic E-state index is 11.9. The van der Waals surface area contributed by atoms with Crippen LogP contribution in [-0.4, -0.2) is 46.5 Å². The molecule has 1 fully saturated rings. The van der Waals surface area contributed by atoms with Gasteiger partial charge < -0.3 is 11.1 Å². The topological polar surface area (TPSA) is 71.2 Å². The van der Waals surface area contributed by atoms with E-state index in [9.17, 15) is 4.79 Å². The summed E-state index contributed by atoms with van der Waals surface area (Å²) in [6.07, 6.45) is 3.46. The van der Waals surface area contributed by atoms with Crippen molar-refractivity contribution in [2.24, 2.45) is 5.73 Å². The molecule has 19 heavy (non-hydrogen) atoms. The zero-order valence-electron chi connectivity index (χ0n) is 10.7. The molecule has 0 saturated carbocycles. The number of nitrogens with two attached hydrogens (primary N) is 1. The van der Waals surface area contributed by atoms with Gasteiger partial charge in [0.1, 0.15) is 5.69 Å². The lowest BCUT2D eigenvalue weighted by Crippen LogP contribution is -2.46. The minimum absolute atomic E-state index is 0.103. The van der Waals surface area contributed by atoms with Crippen molar-refractivity contribution in [3.8, 4) is 0 Å². The number of likely N-dealkylation sites (tertiary alicyclic amines) is 1. The number of thiocarbonyl (C=S) groups is 1. The lowest BCUT2D eigenvalue weighted by molar-refractivity contribution is 0.0910. The highest BCUT2D eigenvalue weighted by Crippen LogP contribution is 2.10. The van der Waals surface area contributed by atoms with Crippen LogP contribution in [0.5, 0.6) is 0 Å². The van der Waals surface area contributed by atoms with E-state index in [1.807, 2.05) is 6.07 Å². The fourth-order valence-electron chi connectivity index (χ4n) is 2.21. The molecule has 0 radical (unpaired) electrons. The predicted molar refractivity (Wildman–Crippen MR) is 78.0 cm³/mol. The van der Waals surface area contributed by atoms with Crippen molar-refractivity contribution in [3.63, 3.8) is 0 Å². The van der Waals surface area contributed by atoms with E-state index < -0.39 is 0 Å². The number of carbonyl (C=O) groups is 1. The van der Waals surface area contributed by atoms with Gasteiger partial charge in [0.05, 0.1) is 4.99 Å². The van der Waals surface area contributed by atoms with Crippen LogP contribution in [-0.2, 0) is 0 Å². The molecule has 1 aliphatic rings. The van der Waals surface area contributed by atoms with Crippen LogP contribution >= 0.6 is 12.2 Å². The molecular weight excluding hydrogens is 260 g/mol. The SMILES string of the molecule is NC(=S)CN1CCC(NC(=O)c2ccccn2)CC1. The molecule has 0 unspecified atom stereocenters. The summed E-state index contributed by atoms with van der Waals surface area (Å²) in [7, 11) is 0. The second-order valence-corrected chi connectivity index (χ2v) is 5.23. The smallest absolute Gasteiger partial charge is 0.270 e. The van der Waals surface area contributed by atoms with Crippen molar-refractivity contribution in [3.05, 3.63) is 30.1 Å². The first kappa shape index (κ1) is 13.9. The highest BCUT2D eigenvalue weighted by Gasteiger charge is 2.21. The summed E-state index contributed by atoms with van der Waals surface area (Å²) >= 11 is 4.90. The third kappa shape index (κ3) is 4.25. The first-order chi connectivity index (χ1) is 9.15. The number of hydrogen-bond donors (Lipinski definition) is 2. The highest BCUT2D eigenvalue weighted by atomic mass is 32.1. The molecule has 1 aromatic heterocycles. The lowest BCUT2D eigenvalue weighted by atomic mass is 10.0. The minimum atomic E-state index is -0.103. The number of nitrogens with one attached hydrogen (secondary N) is 1. The Labute approximate surface area is 118 Å².